The summed E-state index contributed by atoms with van der Waals surface area (Å²) in [5, 5.41) is 12.6. The molecule has 0 spiro atoms. The van der Waals surface area contributed by atoms with Crippen LogP contribution in [0.2, 0.25) is 0 Å². The first-order chi connectivity index (χ1) is 4.79. The number of hydrogen-bond donors (Lipinski definition) is 4. The molecule has 0 saturated carbocycles. The SMILES string of the molecule is Cl.N=C(N)NC1CNCCO1. The quantitative estimate of drug-likeness (QED) is 0.303. The van der Waals surface area contributed by atoms with Gasteiger partial charge in [0.05, 0.1) is 6.61 Å². The van der Waals surface area contributed by atoms with Gasteiger partial charge >= 0.3 is 0 Å². The topological polar surface area (TPSA) is 83.2 Å². The normalized spacial score (nSPS) is 23.5. The first-order valence-electron chi connectivity index (χ1n) is 3.22. The lowest BCUT2D eigenvalue weighted by atomic mass is 10.4. The average Bonchev–Trinajstić information content (AvgIpc) is 1.88. The predicted octanol–water partition coefficient (Wildman–Crippen LogP) is -1.16. The Morgan fingerprint density at radius 2 is 2.45 bits per heavy atom. The van der Waals surface area contributed by atoms with E-state index in [0.29, 0.717) is 13.2 Å². The van der Waals surface area contributed by atoms with Crippen molar-refractivity contribution >= 4 is 18.4 Å². The molecular weight excluding hydrogens is 168 g/mol. The number of hydrogen-bond acceptors (Lipinski definition) is 3. The Balaban J connectivity index is 0.000001000. The number of guanidine groups is 1. The third-order valence-electron chi connectivity index (χ3n) is 1.24. The number of halogens is 1. The van der Waals surface area contributed by atoms with Gasteiger partial charge in [-0.1, -0.05) is 0 Å². The fourth-order valence-corrected chi connectivity index (χ4v) is 0.832. The van der Waals surface area contributed by atoms with Crippen molar-refractivity contribution in [2.45, 2.75) is 6.23 Å². The van der Waals surface area contributed by atoms with Gasteiger partial charge < -0.3 is 21.1 Å². The molecule has 1 saturated heterocycles. The van der Waals surface area contributed by atoms with Gasteiger partial charge in [0.2, 0.25) is 0 Å². The summed E-state index contributed by atoms with van der Waals surface area (Å²) in [6.45, 7) is 2.25. The van der Waals surface area contributed by atoms with Crippen LogP contribution in [0.15, 0.2) is 0 Å². The standard InChI is InChI=1S/C5H12N4O.ClH/c6-5(7)9-4-3-8-1-2-10-4;/h4,8H,1-3H2,(H4,6,7,9);1H. The van der Waals surface area contributed by atoms with Gasteiger partial charge in [-0.05, 0) is 0 Å². The highest BCUT2D eigenvalue weighted by Gasteiger charge is 2.11. The molecule has 5 nitrogen and oxygen atoms in total. The number of nitrogens with one attached hydrogen (secondary N) is 3. The molecule has 11 heavy (non-hydrogen) atoms. The van der Waals surface area contributed by atoms with Crippen LogP contribution in [0, 0.1) is 5.41 Å². The molecule has 1 rings (SSSR count). The highest BCUT2D eigenvalue weighted by Crippen LogP contribution is 1.89. The molecule has 66 valence electrons. The molecule has 1 fully saturated rings. The van der Waals surface area contributed by atoms with Crippen LogP contribution < -0.4 is 16.4 Å². The maximum atomic E-state index is 6.89. The largest absolute Gasteiger partial charge is 0.370 e. The molecular formula is C5H13ClN4O. The first kappa shape index (κ1) is 10.5. The lowest BCUT2D eigenvalue weighted by molar-refractivity contribution is 0.0192. The van der Waals surface area contributed by atoms with E-state index >= 15 is 0 Å². The molecule has 5 N–H and O–H groups in total. The summed E-state index contributed by atoms with van der Waals surface area (Å²) in [6.07, 6.45) is -0.133. The number of ether oxygens (including phenoxy) is 1. The Kier molecular flexibility index (Phi) is 4.93. The number of nitrogens with two attached hydrogens (primary N) is 1. The van der Waals surface area contributed by atoms with E-state index in [0.717, 1.165) is 6.54 Å². The molecule has 0 radical (unpaired) electrons. The van der Waals surface area contributed by atoms with E-state index in [4.69, 9.17) is 15.9 Å². The highest BCUT2D eigenvalue weighted by atomic mass is 35.5. The van der Waals surface area contributed by atoms with Crippen LogP contribution in [-0.4, -0.2) is 31.9 Å². The zero-order chi connectivity index (χ0) is 7.40. The number of morpholine rings is 1. The van der Waals surface area contributed by atoms with Crippen LogP contribution in [0.5, 0.6) is 0 Å². The third kappa shape index (κ3) is 4.02. The second-order valence-electron chi connectivity index (χ2n) is 2.12. The van der Waals surface area contributed by atoms with E-state index in [1.54, 1.807) is 0 Å². The second-order valence-corrected chi connectivity index (χ2v) is 2.12. The van der Waals surface area contributed by atoms with Crippen molar-refractivity contribution in [3.8, 4) is 0 Å². The third-order valence-corrected chi connectivity index (χ3v) is 1.24. The fraction of sp³-hybridized carbons (Fsp3) is 0.800. The molecule has 1 aliphatic heterocycles. The lowest BCUT2D eigenvalue weighted by Crippen LogP contribution is -2.50. The zero-order valence-electron chi connectivity index (χ0n) is 6.09. The second kappa shape index (κ2) is 5.17. The van der Waals surface area contributed by atoms with E-state index in [1.807, 2.05) is 0 Å². The van der Waals surface area contributed by atoms with Gasteiger partial charge in [0.25, 0.3) is 0 Å². The molecule has 0 aromatic rings. The van der Waals surface area contributed by atoms with Crippen molar-refractivity contribution in [2.24, 2.45) is 5.73 Å². The van der Waals surface area contributed by atoms with Crippen molar-refractivity contribution in [3.05, 3.63) is 0 Å². The molecule has 1 atom stereocenters. The van der Waals surface area contributed by atoms with Gasteiger partial charge in [0.1, 0.15) is 6.23 Å². The molecule has 6 heteroatoms. The first-order valence-corrected chi connectivity index (χ1v) is 3.22. The van der Waals surface area contributed by atoms with E-state index in [9.17, 15) is 0 Å². The predicted molar refractivity (Wildman–Crippen MR) is 44.9 cm³/mol. The van der Waals surface area contributed by atoms with Crippen LogP contribution in [0.25, 0.3) is 0 Å². The molecule has 1 aliphatic rings. The van der Waals surface area contributed by atoms with Crippen molar-refractivity contribution < 1.29 is 4.74 Å². The monoisotopic (exact) mass is 180 g/mol. The minimum absolute atomic E-state index is 0. The summed E-state index contributed by atoms with van der Waals surface area (Å²) in [6, 6.07) is 0. The molecule has 1 unspecified atom stereocenters. The van der Waals surface area contributed by atoms with Crippen molar-refractivity contribution in [1.82, 2.24) is 10.6 Å². The molecule has 1 heterocycles. The van der Waals surface area contributed by atoms with Gasteiger partial charge in [-0.2, -0.15) is 0 Å². The molecule has 0 amide bonds. The van der Waals surface area contributed by atoms with Crippen LogP contribution in [-0.2, 0) is 4.74 Å². The van der Waals surface area contributed by atoms with E-state index in [-0.39, 0.29) is 24.6 Å². The van der Waals surface area contributed by atoms with Gasteiger partial charge in [-0.3, -0.25) is 5.41 Å². The number of rotatable bonds is 1. The summed E-state index contributed by atoms with van der Waals surface area (Å²) in [4.78, 5) is 0. The molecule has 0 bridgehead atoms. The zero-order valence-corrected chi connectivity index (χ0v) is 6.91. The Hall–Kier alpha value is -0.520. The summed E-state index contributed by atoms with van der Waals surface area (Å²) in [7, 11) is 0. The summed E-state index contributed by atoms with van der Waals surface area (Å²) >= 11 is 0. The van der Waals surface area contributed by atoms with Crippen LogP contribution in [0.4, 0.5) is 0 Å². The van der Waals surface area contributed by atoms with Gasteiger partial charge in [0.15, 0.2) is 5.96 Å². The van der Waals surface area contributed by atoms with E-state index in [1.165, 1.54) is 0 Å². The van der Waals surface area contributed by atoms with Gasteiger partial charge in [-0.15, -0.1) is 12.4 Å². The van der Waals surface area contributed by atoms with Crippen molar-refractivity contribution in [3.63, 3.8) is 0 Å². The summed E-state index contributed by atoms with van der Waals surface area (Å²) in [5.41, 5.74) is 5.09. The smallest absolute Gasteiger partial charge is 0.187 e. The lowest BCUT2D eigenvalue weighted by Gasteiger charge is -2.24. The molecule has 0 aliphatic carbocycles. The maximum absolute atomic E-state index is 6.89. The van der Waals surface area contributed by atoms with Crippen LogP contribution in [0.1, 0.15) is 0 Å². The highest BCUT2D eigenvalue weighted by molar-refractivity contribution is 5.85. The summed E-state index contributed by atoms with van der Waals surface area (Å²) in [5.74, 6) is -0.0475. The minimum atomic E-state index is -0.133. The molecule has 0 aromatic heterocycles. The van der Waals surface area contributed by atoms with E-state index in [2.05, 4.69) is 10.6 Å². The minimum Gasteiger partial charge on any atom is -0.370 e. The van der Waals surface area contributed by atoms with Gasteiger partial charge in [0, 0.05) is 13.1 Å². The Morgan fingerprint density at radius 1 is 1.73 bits per heavy atom. The summed E-state index contributed by atoms with van der Waals surface area (Å²) < 4.78 is 5.19. The van der Waals surface area contributed by atoms with Crippen molar-refractivity contribution in [1.29, 1.82) is 5.41 Å². The Morgan fingerprint density at radius 3 is 2.91 bits per heavy atom. The molecule has 0 aromatic carbocycles. The Labute approximate surface area is 71.6 Å². The maximum Gasteiger partial charge on any atom is 0.187 e. The van der Waals surface area contributed by atoms with E-state index < -0.39 is 0 Å². The van der Waals surface area contributed by atoms with Crippen LogP contribution >= 0.6 is 12.4 Å². The van der Waals surface area contributed by atoms with Crippen LogP contribution in [0.3, 0.4) is 0 Å². The average molecular weight is 181 g/mol. The Bertz CT molecular complexity index is 126. The van der Waals surface area contributed by atoms with Gasteiger partial charge in [-0.25, -0.2) is 0 Å². The van der Waals surface area contributed by atoms with Crippen molar-refractivity contribution in [2.75, 3.05) is 19.7 Å². The fourth-order valence-electron chi connectivity index (χ4n) is 0.832.